The fourth-order valence-corrected chi connectivity index (χ4v) is 10.8. The van der Waals surface area contributed by atoms with E-state index < -0.39 is 11.9 Å². The van der Waals surface area contributed by atoms with Crippen molar-refractivity contribution in [3.05, 3.63) is 66.3 Å². The summed E-state index contributed by atoms with van der Waals surface area (Å²) in [6.07, 6.45) is 13.8. The third-order valence-corrected chi connectivity index (χ3v) is 13.1. The Labute approximate surface area is 329 Å². The second-order valence-corrected chi connectivity index (χ2v) is 16.3. The number of nitrogens with zero attached hydrogens (tertiary/aromatic N) is 1. The minimum absolute atomic E-state index is 0.0715. The number of oxime groups is 1. The Morgan fingerprint density at radius 2 is 1.80 bits per heavy atom. The molecule has 55 heavy (non-hydrogen) atoms. The van der Waals surface area contributed by atoms with E-state index in [1.807, 2.05) is 30.8 Å². The number of anilines is 1. The number of aliphatic hydroxyl groups is 2. The fourth-order valence-electron chi connectivity index (χ4n) is 9.05. The first kappa shape index (κ1) is 40.9. The summed E-state index contributed by atoms with van der Waals surface area (Å²) in [5.74, 6) is 1.07. The number of unbranched alkanes of at least 4 members (excludes halogenated alkanes) is 2. The molecule has 2 aromatic carbocycles. The van der Waals surface area contributed by atoms with E-state index in [-0.39, 0.29) is 42.1 Å². The van der Waals surface area contributed by atoms with Gasteiger partial charge >= 0.3 is 6.09 Å². The Morgan fingerprint density at radius 1 is 1.04 bits per heavy atom. The smallest absolute Gasteiger partial charge is 0.417 e. The second-order valence-electron chi connectivity index (χ2n) is 14.8. The minimum atomic E-state index is -1.02. The zero-order valence-electron chi connectivity index (χ0n) is 32.5. The van der Waals surface area contributed by atoms with Crippen LogP contribution in [-0.2, 0) is 9.57 Å². The highest BCUT2D eigenvalue weighted by atomic mass is 32.2. The van der Waals surface area contributed by atoms with Crippen LogP contribution in [0.25, 0.3) is 0 Å². The van der Waals surface area contributed by atoms with Gasteiger partial charge in [0.15, 0.2) is 0 Å². The van der Waals surface area contributed by atoms with Crippen LogP contribution in [0.5, 0.6) is 23.0 Å². The molecule has 300 valence electrons. The van der Waals surface area contributed by atoms with Crippen LogP contribution in [0, 0.1) is 17.8 Å². The summed E-state index contributed by atoms with van der Waals surface area (Å²) >= 11 is 1.97. The molecule has 0 bridgehead atoms. The summed E-state index contributed by atoms with van der Waals surface area (Å²) in [5.41, 5.74) is 3.41. The molecule has 6 rings (SSSR count). The third-order valence-electron chi connectivity index (χ3n) is 11.4. The molecule has 0 saturated heterocycles. The average molecular weight is 779 g/mol. The van der Waals surface area contributed by atoms with Crippen molar-refractivity contribution >= 4 is 29.3 Å². The highest BCUT2D eigenvalue weighted by Crippen LogP contribution is 2.63. The lowest BCUT2D eigenvalue weighted by atomic mass is 9.56. The summed E-state index contributed by atoms with van der Waals surface area (Å²) in [4.78, 5) is 19.2. The number of methoxy groups -OCH3 is 2. The van der Waals surface area contributed by atoms with Gasteiger partial charge in [0.25, 0.3) is 0 Å². The predicted octanol–water partition coefficient (Wildman–Crippen LogP) is 8.64. The summed E-state index contributed by atoms with van der Waals surface area (Å²) in [7, 11) is 3.10. The van der Waals surface area contributed by atoms with Gasteiger partial charge in [0, 0.05) is 42.4 Å². The molecule has 2 fully saturated rings. The van der Waals surface area contributed by atoms with Crippen LogP contribution in [0.4, 0.5) is 10.5 Å². The van der Waals surface area contributed by atoms with Gasteiger partial charge in [0.05, 0.1) is 43.4 Å². The zero-order valence-corrected chi connectivity index (χ0v) is 33.3. The number of nitrogens with one attached hydrogen (secondary N) is 1. The molecular weight excluding hydrogens is 721 g/mol. The van der Waals surface area contributed by atoms with Crippen LogP contribution in [0.15, 0.2) is 65.9 Å². The van der Waals surface area contributed by atoms with Crippen molar-refractivity contribution < 1.29 is 43.5 Å². The average Bonchev–Trinajstić information content (AvgIpc) is 3.72. The summed E-state index contributed by atoms with van der Waals surface area (Å²) in [6.45, 7) is 7.02. The Hall–Kier alpha value is -3.71. The topological polar surface area (TPSA) is 137 Å². The van der Waals surface area contributed by atoms with Gasteiger partial charge in [-0.25, -0.2) is 4.79 Å². The third kappa shape index (κ3) is 9.14. The van der Waals surface area contributed by atoms with Crippen LogP contribution in [0.1, 0.15) is 89.0 Å². The molecule has 0 aromatic heterocycles. The number of ether oxygens (including phenoxy) is 5. The number of amides is 1. The highest BCUT2D eigenvalue weighted by molar-refractivity contribution is 8.00. The molecular formula is C43H58N2O9S. The molecule has 6 atom stereocenters. The van der Waals surface area contributed by atoms with Gasteiger partial charge in [-0.05, 0) is 93.2 Å². The van der Waals surface area contributed by atoms with E-state index in [9.17, 15) is 15.0 Å². The van der Waals surface area contributed by atoms with Gasteiger partial charge in [0.2, 0.25) is 5.79 Å². The molecule has 0 radical (unpaired) electrons. The number of carbonyl (C=O) groups is 1. The number of carbonyl (C=O) groups excluding carboxylic acids is 1. The zero-order chi connectivity index (χ0) is 38.8. The van der Waals surface area contributed by atoms with Crippen molar-refractivity contribution in [2.45, 2.75) is 99.8 Å². The largest absolute Gasteiger partial charge is 0.497 e. The van der Waals surface area contributed by atoms with Crippen molar-refractivity contribution in [2.75, 3.05) is 46.0 Å². The molecule has 0 spiro atoms. The SMILES string of the molecule is C=CCOC12Oc3ccc(OC(=O)Nc4ccc(OC)cc4OC)cc3C3C(CCCCO)C(CCCCO)C=C(C(=NOCC)CC1SC1CCCC1)C32. The van der Waals surface area contributed by atoms with Crippen molar-refractivity contribution in [1.82, 2.24) is 0 Å². The maximum Gasteiger partial charge on any atom is 0.417 e. The van der Waals surface area contributed by atoms with E-state index in [0.29, 0.717) is 60.0 Å². The molecule has 12 heteroatoms. The molecule has 3 aliphatic carbocycles. The molecule has 6 unspecified atom stereocenters. The Bertz CT molecular complexity index is 1680. The van der Waals surface area contributed by atoms with E-state index in [2.05, 4.69) is 18.0 Å². The number of aliphatic hydroxyl groups excluding tert-OH is 2. The van der Waals surface area contributed by atoms with Gasteiger partial charge in [0.1, 0.15) is 29.6 Å². The van der Waals surface area contributed by atoms with Crippen LogP contribution in [0.2, 0.25) is 0 Å². The monoisotopic (exact) mass is 778 g/mol. The minimum Gasteiger partial charge on any atom is -0.497 e. The first-order valence-corrected chi connectivity index (χ1v) is 20.9. The Morgan fingerprint density at radius 3 is 2.51 bits per heavy atom. The van der Waals surface area contributed by atoms with Gasteiger partial charge in [-0.15, -0.1) is 18.3 Å². The van der Waals surface area contributed by atoms with E-state index in [4.69, 9.17) is 33.7 Å². The first-order valence-electron chi connectivity index (χ1n) is 20.0. The maximum absolute atomic E-state index is 13.4. The molecule has 2 aromatic rings. The molecule has 3 N–H and O–H groups in total. The molecule has 11 nitrogen and oxygen atoms in total. The van der Waals surface area contributed by atoms with Crippen molar-refractivity contribution in [2.24, 2.45) is 22.9 Å². The lowest BCUT2D eigenvalue weighted by Gasteiger charge is -2.58. The molecule has 1 amide bonds. The molecule has 2 saturated carbocycles. The van der Waals surface area contributed by atoms with Crippen LogP contribution in [-0.4, -0.2) is 79.0 Å². The lowest BCUT2D eigenvalue weighted by molar-refractivity contribution is -0.223. The normalized spacial score (nSPS) is 26.3. The number of hydrogen-bond donors (Lipinski definition) is 3. The predicted molar refractivity (Wildman–Crippen MR) is 216 cm³/mol. The number of allylic oxidation sites excluding steroid dienone is 1. The van der Waals surface area contributed by atoms with Crippen LogP contribution >= 0.6 is 11.8 Å². The Balaban J connectivity index is 1.46. The van der Waals surface area contributed by atoms with Crippen LogP contribution in [0.3, 0.4) is 0 Å². The van der Waals surface area contributed by atoms with Gasteiger partial charge < -0.3 is 38.7 Å². The second kappa shape index (κ2) is 19.4. The number of benzene rings is 2. The van der Waals surface area contributed by atoms with E-state index in [0.717, 1.165) is 61.8 Å². The van der Waals surface area contributed by atoms with Crippen molar-refractivity contribution in [3.8, 4) is 23.0 Å². The van der Waals surface area contributed by atoms with Gasteiger partial charge in [-0.3, -0.25) is 5.32 Å². The number of thioether (sulfide) groups is 1. The molecule has 4 aliphatic rings. The Kier molecular flexibility index (Phi) is 14.5. The number of hydrogen-bond acceptors (Lipinski definition) is 11. The summed E-state index contributed by atoms with van der Waals surface area (Å²) in [6, 6.07) is 10.8. The van der Waals surface area contributed by atoms with E-state index in [1.54, 1.807) is 37.5 Å². The number of rotatable bonds is 19. The number of fused-ring (bicyclic) bond motifs is 2. The van der Waals surface area contributed by atoms with Crippen molar-refractivity contribution in [1.29, 1.82) is 0 Å². The quantitative estimate of drug-likeness (QED) is 0.0722. The van der Waals surface area contributed by atoms with Crippen LogP contribution < -0.4 is 24.3 Å². The summed E-state index contributed by atoms with van der Waals surface area (Å²) in [5, 5.41) is 27.7. The van der Waals surface area contributed by atoms with Gasteiger partial charge in [-0.2, -0.15) is 0 Å². The standard InChI is InChI=1S/C43H58N2O9S/c1-5-23-51-43-39(55-31-14-7-8-15-31)27-36(45-52-6-2)33-24-28(13-9-11-21-46)32(16-10-12-22-47)40(41(33)43)34-25-30(18-20-37(34)54-43)53-42(48)44-35-19-17-29(49-3)26-38(35)50-4/h5,17-20,24-26,28,31-32,39-41,46-47H,1,6-16,21-23,27H2,2-4H3,(H,44,48). The van der Waals surface area contributed by atoms with E-state index in [1.165, 1.54) is 20.0 Å². The first-order chi connectivity index (χ1) is 26.9. The molecule has 1 aliphatic heterocycles. The molecule has 1 heterocycles. The fraction of sp³-hybridized carbons (Fsp3) is 0.581. The van der Waals surface area contributed by atoms with Crippen molar-refractivity contribution in [3.63, 3.8) is 0 Å². The van der Waals surface area contributed by atoms with Gasteiger partial charge in [-0.1, -0.05) is 43.0 Å². The maximum atomic E-state index is 13.4. The lowest BCUT2D eigenvalue weighted by Crippen LogP contribution is -2.64. The summed E-state index contributed by atoms with van der Waals surface area (Å²) < 4.78 is 31.0. The highest BCUT2D eigenvalue weighted by Gasteiger charge is 2.64. The van der Waals surface area contributed by atoms with E-state index >= 15 is 0 Å².